The molecule has 1 aliphatic heterocycles. The Balaban J connectivity index is 1.72. The lowest BCUT2D eigenvalue weighted by Crippen LogP contribution is -2.25. The number of fused-ring (bicyclic) bond motifs is 1. The highest BCUT2D eigenvalue weighted by Crippen LogP contribution is 2.17. The van der Waals surface area contributed by atoms with Crippen molar-refractivity contribution in [1.29, 1.82) is 0 Å². The molecule has 4 heteroatoms. The van der Waals surface area contributed by atoms with Crippen LogP contribution in [0.3, 0.4) is 0 Å². The van der Waals surface area contributed by atoms with Gasteiger partial charge in [-0.1, -0.05) is 18.2 Å². The van der Waals surface area contributed by atoms with Crippen LogP contribution < -0.4 is 10.1 Å². The first-order valence-electron chi connectivity index (χ1n) is 6.56. The van der Waals surface area contributed by atoms with Gasteiger partial charge in [0.25, 0.3) is 0 Å². The molecular weight excluding hydrogens is 238 g/mol. The molecule has 0 amide bonds. The Labute approximate surface area is 112 Å². The quantitative estimate of drug-likeness (QED) is 0.911. The number of nitrogens with zero attached hydrogens (tertiary/aromatic N) is 2. The standard InChI is InChI=1S/C15H17N3O/c1-11-4-2-3-5-14(11)19-10-15-17-9-12-8-16-7-6-13(12)18-15/h2-5,9,16H,6-8,10H2,1H3. The Bertz CT molecular complexity index is 583. The lowest BCUT2D eigenvalue weighted by Gasteiger charge is -2.16. The Kier molecular flexibility index (Phi) is 3.42. The fourth-order valence-electron chi connectivity index (χ4n) is 2.21. The van der Waals surface area contributed by atoms with Gasteiger partial charge in [-0.3, -0.25) is 0 Å². The van der Waals surface area contributed by atoms with Crippen molar-refractivity contribution in [2.24, 2.45) is 0 Å². The third-order valence-corrected chi connectivity index (χ3v) is 3.31. The zero-order valence-corrected chi connectivity index (χ0v) is 11.0. The number of hydrogen-bond acceptors (Lipinski definition) is 4. The summed E-state index contributed by atoms with van der Waals surface area (Å²) in [5.41, 5.74) is 3.48. The highest BCUT2D eigenvalue weighted by Gasteiger charge is 2.11. The first-order valence-corrected chi connectivity index (χ1v) is 6.56. The van der Waals surface area contributed by atoms with Crippen LogP contribution in [0.4, 0.5) is 0 Å². The third kappa shape index (κ3) is 2.74. The Hall–Kier alpha value is -1.94. The van der Waals surface area contributed by atoms with Crippen LogP contribution in [-0.4, -0.2) is 16.5 Å². The molecule has 1 aliphatic rings. The molecule has 0 spiro atoms. The number of ether oxygens (including phenoxy) is 1. The predicted octanol–water partition coefficient (Wildman–Crippen LogP) is 2.01. The van der Waals surface area contributed by atoms with Crippen LogP contribution >= 0.6 is 0 Å². The fourth-order valence-corrected chi connectivity index (χ4v) is 2.21. The SMILES string of the molecule is Cc1ccccc1OCc1ncc2c(n1)CCNC2. The van der Waals surface area contributed by atoms with Crippen molar-refractivity contribution in [2.75, 3.05) is 6.54 Å². The van der Waals surface area contributed by atoms with Crippen molar-refractivity contribution >= 4 is 0 Å². The summed E-state index contributed by atoms with van der Waals surface area (Å²) in [6.07, 6.45) is 2.88. The van der Waals surface area contributed by atoms with Gasteiger partial charge in [-0.15, -0.1) is 0 Å². The second-order valence-electron chi connectivity index (χ2n) is 4.74. The van der Waals surface area contributed by atoms with Crippen molar-refractivity contribution < 1.29 is 4.74 Å². The van der Waals surface area contributed by atoms with Gasteiger partial charge in [-0.2, -0.15) is 0 Å². The zero-order chi connectivity index (χ0) is 13.1. The van der Waals surface area contributed by atoms with Crippen LogP contribution in [0.15, 0.2) is 30.5 Å². The van der Waals surface area contributed by atoms with Gasteiger partial charge in [-0.05, 0) is 18.6 Å². The van der Waals surface area contributed by atoms with Crippen LogP contribution in [0.1, 0.15) is 22.6 Å². The Morgan fingerprint density at radius 1 is 1.32 bits per heavy atom. The maximum atomic E-state index is 5.77. The summed E-state index contributed by atoms with van der Waals surface area (Å²) in [6, 6.07) is 7.98. The van der Waals surface area contributed by atoms with Crippen molar-refractivity contribution in [3.05, 3.63) is 53.1 Å². The van der Waals surface area contributed by atoms with Gasteiger partial charge in [0, 0.05) is 37.0 Å². The number of aromatic nitrogens is 2. The van der Waals surface area contributed by atoms with Gasteiger partial charge in [-0.25, -0.2) is 9.97 Å². The minimum Gasteiger partial charge on any atom is -0.485 e. The minimum atomic E-state index is 0.422. The molecule has 0 atom stereocenters. The molecule has 0 bridgehead atoms. The van der Waals surface area contributed by atoms with Crippen LogP contribution in [0.2, 0.25) is 0 Å². The van der Waals surface area contributed by atoms with Gasteiger partial charge in [0.15, 0.2) is 5.82 Å². The van der Waals surface area contributed by atoms with E-state index in [1.165, 1.54) is 5.56 Å². The Morgan fingerprint density at radius 3 is 3.11 bits per heavy atom. The van der Waals surface area contributed by atoms with E-state index in [1.54, 1.807) is 0 Å². The van der Waals surface area contributed by atoms with E-state index in [0.717, 1.165) is 42.3 Å². The lowest BCUT2D eigenvalue weighted by molar-refractivity contribution is 0.293. The fraction of sp³-hybridized carbons (Fsp3) is 0.333. The first-order chi connectivity index (χ1) is 9.33. The van der Waals surface area contributed by atoms with E-state index < -0.39 is 0 Å². The van der Waals surface area contributed by atoms with Crippen molar-refractivity contribution in [3.8, 4) is 5.75 Å². The minimum absolute atomic E-state index is 0.422. The van der Waals surface area contributed by atoms with Crippen molar-refractivity contribution in [1.82, 2.24) is 15.3 Å². The van der Waals surface area contributed by atoms with Crippen LogP contribution in [-0.2, 0) is 19.6 Å². The van der Waals surface area contributed by atoms with Crippen LogP contribution in [0.5, 0.6) is 5.75 Å². The van der Waals surface area contributed by atoms with Gasteiger partial charge < -0.3 is 10.1 Å². The van der Waals surface area contributed by atoms with E-state index in [2.05, 4.69) is 15.3 Å². The largest absolute Gasteiger partial charge is 0.485 e. The summed E-state index contributed by atoms with van der Waals surface area (Å²) in [4.78, 5) is 8.94. The normalized spacial score (nSPS) is 13.9. The summed E-state index contributed by atoms with van der Waals surface area (Å²) >= 11 is 0. The molecule has 3 rings (SSSR count). The number of para-hydroxylation sites is 1. The van der Waals surface area contributed by atoms with E-state index >= 15 is 0 Å². The third-order valence-electron chi connectivity index (χ3n) is 3.31. The van der Waals surface area contributed by atoms with E-state index in [0.29, 0.717) is 6.61 Å². The highest BCUT2D eigenvalue weighted by molar-refractivity contribution is 5.31. The number of nitrogens with one attached hydrogen (secondary N) is 1. The second kappa shape index (κ2) is 5.36. The number of rotatable bonds is 3. The lowest BCUT2D eigenvalue weighted by atomic mass is 10.1. The van der Waals surface area contributed by atoms with E-state index in [9.17, 15) is 0 Å². The molecule has 2 heterocycles. The first kappa shape index (κ1) is 12.1. The molecular formula is C15H17N3O. The molecule has 2 aromatic rings. The average Bonchev–Trinajstić information content (AvgIpc) is 2.46. The summed E-state index contributed by atoms with van der Waals surface area (Å²) in [7, 11) is 0. The van der Waals surface area contributed by atoms with Crippen molar-refractivity contribution in [2.45, 2.75) is 26.5 Å². The molecule has 4 nitrogen and oxygen atoms in total. The topological polar surface area (TPSA) is 47.0 Å². The molecule has 0 saturated carbocycles. The molecule has 98 valence electrons. The smallest absolute Gasteiger partial charge is 0.166 e. The van der Waals surface area contributed by atoms with Crippen LogP contribution in [0, 0.1) is 6.92 Å². The van der Waals surface area contributed by atoms with E-state index in [1.807, 2.05) is 37.4 Å². The summed E-state index contributed by atoms with van der Waals surface area (Å²) in [6.45, 7) is 4.32. The summed E-state index contributed by atoms with van der Waals surface area (Å²) in [5, 5.41) is 3.31. The van der Waals surface area contributed by atoms with E-state index in [-0.39, 0.29) is 0 Å². The van der Waals surface area contributed by atoms with Crippen LogP contribution in [0.25, 0.3) is 0 Å². The number of benzene rings is 1. The number of aryl methyl sites for hydroxylation is 1. The van der Waals surface area contributed by atoms with Crippen molar-refractivity contribution in [3.63, 3.8) is 0 Å². The molecule has 0 saturated heterocycles. The molecule has 0 radical (unpaired) electrons. The molecule has 1 aromatic carbocycles. The predicted molar refractivity (Wildman–Crippen MR) is 73.0 cm³/mol. The van der Waals surface area contributed by atoms with E-state index in [4.69, 9.17) is 4.74 Å². The average molecular weight is 255 g/mol. The summed E-state index contributed by atoms with van der Waals surface area (Å²) < 4.78 is 5.77. The van der Waals surface area contributed by atoms with Gasteiger partial charge in [0.1, 0.15) is 12.4 Å². The molecule has 0 aliphatic carbocycles. The second-order valence-corrected chi connectivity index (χ2v) is 4.74. The number of hydrogen-bond donors (Lipinski definition) is 1. The van der Waals surface area contributed by atoms with Gasteiger partial charge in [0.05, 0.1) is 0 Å². The molecule has 0 unspecified atom stereocenters. The molecule has 1 aromatic heterocycles. The Morgan fingerprint density at radius 2 is 2.21 bits per heavy atom. The molecule has 1 N–H and O–H groups in total. The summed E-state index contributed by atoms with van der Waals surface area (Å²) in [5.74, 6) is 1.65. The highest BCUT2D eigenvalue weighted by atomic mass is 16.5. The monoisotopic (exact) mass is 255 g/mol. The molecule has 0 fully saturated rings. The van der Waals surface area contributed by atoms with Gasteiger partial charge in [0.2, 0.25) is 0 Å². The molecule has 19 heavy (non-hydrogen) atoms. The maximum absolute atomic E-state index is 5.77. The zero-order valence-electron chi connectivity index (χ0n) is 11.0. The van der Waals surface area contributed by atoms with Gasteiger partial charge >= 0.3 is 0 Å². The maximum Gasteiger partial charge on any atom is 0.166 e.